The van der Waals surface area contributed by atoms with Gasteiger partial charge in [-0.3, -0.25) is 9.59 Å². The Morgan fingerprint density at radius 1 is 1.11 bits per heavy atom. The van der Waals surface area contributed by atoms with Crippen LogP contribution in [-0.4, -0.2) is 18.4 Å². The van der Waals surface area contributed by atoms with E-state index in [1.54, 1.807) is 4.90 Å². The van der Waals surface area contributed by atoms with Crippen LogP contribution >= 0.6 is 11.6 Å². The fourth-order valence-corrected chi connectivity index (χ4v) is 3.96. The number of amides is 2. The van der Waals surface area contributed by atoms with Crippen molar-refractivity contribution in [3.63, 3.8) is 0 Å². The monoisotopic (exact) mass is 398 g/mol. The zero-order valence-corrected chi connectivity index (χ0v) is 16.4. The minimum absolute atomic E-state index is 0.00830. The average molecular weight is 399 g/mol. The topological polar surface area (TPSA) is 58.6 Å². The fraction of sp³-hybridized carbons (Fsp3) is 0.364. The molecule has 5 nitrogen and oxygen atoms in total. The Morgan fingerprint density at radius 3 is 2.61 bits per heavy atom. The summed E-state index contributed by atoms with van der Waals surface area (Å²) >= 11 is 5.96. The molecule has 146 valence electrons. The summed E-state index contributed by atoms with van der Waals surface area (Å²) in [7, 11) is 0. The number of halogens is 1. The van der Waals surface area contributed by atoms with E-state index < -0.39 is 0 Å². The van der Waals surface area contributed by atoms with Crippen LogP contribution in [0, 0.1) is 5.92 Å². The molecule has 0 atom stereocenters. The third-order valence-electron chi connectivity index (χ3n) is 5.40. The summed E-state index contributed by atoms with van der Waals surface area (Å²) in [5, 5.41) is 3.68. The molecule has 0 radical (unpaired) electrons. The number of carbonyl (C=O) groups excluding carboxylic acids is 2. The highest BCUT2D eigenvalue weighted by molar-refractivity contribution is 6.30. The van der Waals surface area contributed by atoms with Gasteiger partial charge in [0.2, 0.25) is 5.91 Å². The molecule has 0 unspecified atom stereocenters. The lowest BCUT2D eigenvalue weighted by Gasteiger charge is -2.30. The summed E-state index contributed by atoms with van der Waals surface area (Å²) in [5.41, 5.74) is 2.34. The van der Waals surface area contributed by atoms with E-state index in [0.717, 1.165) is 31.2 Å². The first-order chi connectivity index (χ1) is 13.6. The van der Waals surface area contributed by atoms with Crippen LogP contribution in [-0.2, 0) is 16.1 Å². The van der Waals surface area contributed by atoms with Gasteiger partial charge in [-0.2, -0.15) is 0 Å². The predicted octanol–water partition coefficient (Wildman–Crippen LogP) is 4.78. The number of benzene rings is 2. The molecule has 28 heavy (non-hydrogen) atoms. The van der Waals surface area contributed by atoms with Crippen molar-refractivity contribution in [3.05, 3.63) is 53.1 Å². The van der Waals surface area contributed by atoms with Crippen molar-refractivity contribution in [2.24, 2.45) is 5.92 Å². The standard InChI is InChI=1S/C22H23ClN2O3/c23-17-8-6-15(7-9-17)13-25-19-12-18(10-11-20(19)28-14-21(25)26)24-22(27)16-4-2-1-3-5-16/h6-12,16H,1-5,13-14H2,(H,24,27). The van der Waals surface area contributed by atoms with E-state index in [2.05, 4.69) is 5.32 Å². The maximum atomic E-state index is 12.6. The van der Waals surface area contributed by atoms with E-state index in [-0.39, 0.29) is 24.3 Å². The highest BCUT2D eigenvalue weighted by atomic mass is 35.5. The second kappa shape index (κ2) is 8.23. The van der Waals surface area contributed by atoms with Gasteiger partial charge in [-0.05, 0) is 48.7 Å². The van der Waals surface area contributed by atoms with Crippen molar-refractivity contribution >= 4 is 34.8 Å². The Morgan fingerprint density at radius 2 is 1.86 bits per heavy atom. The molecule has 2 aromatic carbocycles. The van der Waals surface area contributed by atoms with Crippen LogP contribution in [0.4, 0.5) is 11.4 Å². The summed E-state index contributed by atoms with van der Waals surface area (Å²) in [6, 6.07) is 12.9. The van der Waals surface area contributed by atoms with Crippen LogP contribution in [0.2, 0.25) is 5.02 Å². The van der Waals surface area contributed by atoms with Gasteiger partial charge in [0, 0.05) is 16.6 Å². The van der Waals surface area contributed by atoms with Crippen molar-refractivity contribution in [3.8, 4) is 5.75 Å². The number of nitrogens with one attached hydrogen (secondary N) is 1. The number of hydrogen-bond donors (Lipinski definition) is 1. The second-order valence-corrected chi connectivity index (χ2v) is 7.84. The zero-order chi connectivity index (χ0) is 19.5. The van der Waals surface area contributed by atoms with E-state index >= 15 is 0 Å². The number of fused-ring (bicyclic) bond motifs is 1. The highest BCUT2D eigenvalue weighted by Crippen LogP contribution is 2.36. The summed E-state index contributed by atoms with van der Waals surface area (Å²) in [4.78, 5) is 26.8. The number of rotatable bonds is 4. The first-order valence-corrected chi connectivity index (χ1v) is 10.1. The number of hydrogen-bond acceptors (Lipinski definition) is 3. The third kappa shape index (κ3) is 4.14. The molecular formula is C22H23ClN2O3. The third-order valence-corrected chi connectivity index (χ3v) is 5.65. The smallest absolute Gasteiger partial charge is 0.265 e. The molecule has 1 fully saturated rings. The van der Waals surface area contributed by atoms with Crippen molar-refractivity contribution in [2.75, 3.05) is 16.8 Å². The van der Waals surface area contributed by atoms with E-state index in [1.165, 1.54) is 6.42 Å². The van der Waals surface area contributed by atoms with Gasteiger partial charge < -0.3 is 15.0 Å². The molecule has 6 heteroatoms. The molecule has 1 N–H and O–H groups in total. The molecule has 0 bridgehead atoms. The molecule has 1 aliphatic heterocycles. The highest BCUT2D eigenvalue weighted by Gasteiger charge is 2.27. The maximum Gasteiger partial charge on any atom is 0.265 e. The second-order valence-electron chi connectivity index (χ2n) is 7.40. The van der Waals surface area contributed by atoms with Gasteiger partial charge in [0.15, 0.2) is 6.61 Å². The molecule has 0 aromatic heterocycles. The average Bonchev–Trinajstić information content (AvgIpc) is 2.72. The van der Waals surface area contributed by atoms with Gasteiger partial charge in [0.05, 0.1) is 12.2 Å². The zero-order valence-electron chi connectivity index (χ0n) is 15.6. The Hall–Kier alpha value is -2.53. The van der Waals surface area contributed by atoms with Crippen molar-refractivity contribution < 1.29 is 14.3 Å². The van der Waals surface area contributed by atoms with Gasteiger partial charge in [0.25, 0.3) is 5.91 Å². The van der Waals surface area contributed by atoms with Crippen LogP contribution < -0.4 is 15.0 Å². The first kappa shape index (κ1) is 18.8. The van der Waals surface area contributed by atoms with Crippen LogP contribution in [0.1, 0.15) is 37.7 Å². The molecule has 0 saturated heterocycles. The van der Waals surface area contributed by atoms with Gasteiger partial charge >= 0.3 is 0 Å². The lowest BCUT2D eigenvalue weighted by molar-refractivity contribution is -0.121. The van der Waals surface area contributed by atoms with Crippen molar-refractivity contribution in [2.45, 2.75) is 38.6 Å². The largest absolute Gasteiger partial charge is 0.482 e. The van der Waals surface area contributed by atoms with E-state index in [1.807, 2.05) is 42.5 Å². The van der Waals surface area contributed by atoms with Gasteiger partial charge in [-0.1, -0.05) is 43.0 Å². The van der Waals surface area contributed by atoms with Crippen molar-refractivity contribution in [1.82, 2.24) is 0 Å². The molecule has 2 aromatic rings. The molecule has 1 heterocycles. The SMILES string of the molecule is O=C(Nc1ccc2c(c1)N(Cc1ccc(Cl)cc1)C(=O)CO2)C1CCCCC1. The lowest BCUT2D eigenvalue weighted by atomic mass is 9.88. The number of anilines is 2. The lowest BCUT2D eigenvalue weighted by Crippen LogP contribution is -2.38. The maximum absolute atomic E-state index is 12.6. The summed E-state index contributed by atoms with van der Waals surface area (Å²) in [5.74, 6) is 0.669. The molecule has 2 amide bonds. The van der Waals surface area contributed by atoms with Gasteiger partial charge in [0.1, 0.15) is 5.75 Å². The van der Waals surface area contributed by atoms with Crippen LogP contribution in [0.25, 0.3) is 0 Å². The van der Waals surface area contributed by atoms with Crippen LogP contribution in [0.15, 0.2) is 42.5 Å². The Balaban J connectivity index is 1.54. The molecule has 2 aliphatic rings. The normalized spacial score (nSPS) is 17.0. The summed E-state index contributed by atoms with van der Waals surface area (Å²) in [6.07, 6.45) is 5.32. The Labute approximate surface area is 169 Å². The van der Waals surface area contributed by atoms with E-state index in [4.69, 9.17) is 16.3 Å². The van der Waals surface area contributed by atoms with Crippen LogP contribution in [0.3, 0.4) is 0 Å². The quantitative estimate of drug-likeness (QED) is 0.805. The molecule has 4 rings (SSSR count). The first-order valence-electron chi connectivity index (χ1n) is 9.73. The van der Waals surface area contributed by atoms with E-state index in [0.29, 0.717) is 28.7 Å². The molecule has 0 spiro atoms. The predicted molar refractivity (Wildman–Crippen MR) is 110 cm³/mol. The fourth-order valence-electron chi connectivity index (χ4n) is 3.83. The molecule has 1 saturated carbocycles. The van der Waals surface area contributed by atoms with Gasteiger partial charge in [-0.15, -0.1) is 0 Å². The minimum atomic E-state index is -0.113. The summed E-state index contributed by atoms with van der Waals surface area (Å²) < 4.78 is 5.57. The number of nitrogens with zero attached hydrogens (tertiary/aromatic N) is 1. The molecule has 1 aliphatic carbocycles. The Kier molecular flexibility index (Phi) is 5.53. The minimum Gasteiger partial charge on any atom is -0.482 e. The number of ether oxygens (including phenoxy) is 1. The van der Waals surface area contributed by atoms with Crippen LogP contribution in [0.5, 0.6) is 5.75 Å². The van der Waals surface area contributed by atoms with Gasteiger partial charge in [-0.25, -0.2) is 0 Å². The Bertz CT molecular complexity index is 876. The summed E-state index contributed by atoms with van der Waals surface area (Å²) in [6.45, 7) is 0.431. The van der Waals surface area contributed by atoms with Crippen molar-refractivity contribution in [1.29, 1.82) is 0 Å². The number of carbonyl (C=O) groups is 2. The molecular weight excluding hydrogens is 376 g/mol. The van der Waals surface area contributed by atoms with E-state index in [9.17, 15) is 9.59 Å².